The van der Waals surface area contributed by atoms with Crippen molar-refractivity contribution >= 4 is 0 Å². The predicted octanol–water partition coefficient (Wildman–Crippen LogP) is 1.76. The van der Waals surface area contributed by atoms with Gasteiger partial charge in [0.2, 0.25) is 0 Å². The van der Waals surface area contributed by atoms with Crippen molar-refractivity contribution in [3.8, 4) is 0 Å². The molecule has 8 heavy (non-hydrogen) atoms. The Morgan fingerprint density at radius 3 is 2.38 bits per heavy atom. The Morgan fingerprint density at radius 1 is 1.25 bits per heavy atom. The molecule has 0 unspecified atom stereocenters. The van der Waals surface area contributed by atoms with E-state index in [1.807, 2.05) is 0 Å². The fraction of sp³-hybridized carbons (Fsp3) is 0.750. The van der Waals surface area contributed by atoms with E-state index in [0.29, 0.717) is 0 Å². The van der Waals surface area contributed by atoms with Crippen molar-refractivity contribution in [3.05, 3.63) is 6.92 Å². The third kappa shape index (κ3) is 1.08. The minimum Gasteiger partial charge on any atom is -0.138 e. The predicted molar refractivity (Wildman–Crippen MR) is 28.1 cm³/mol. The van der Waals surface area contributed by atoms with Gasteiger partial charge in [-0.25, -0.2) is 0 Å². The van der Waals surface area contributed by atoms with Crippen LogP contribution in [0.25, 0.3) is 0 Å². The molecule has 0 aromatic carbocycles. The second-order valence-electron chi connectivity index (χ2n) is 1.53. The van der Waals surface area contributed by atoms with Crippen molar-refractivity contribution in [3.63, 3.8) is 0 Å². The lowest BCUT2D eigenvalue weighted by molar-refractivity contribution is 0.643. The first-order valence-electron chi connectivity index (χ1n) is 2.52. The third-order valence-corrected chi connectivity index (χ3v) is 0.872. The van der Waals surface area contributed by atoms with Crippen molar-refractivity contribution in [2.24, 2.45) is 20.7 Å². The summed E-state index contributed by atoms with van der Waals surface area (Å²) in [6, 6.07) is 0. The fourth-order valence-corrected chi connectivity index (χ4v) is 0.487. The summed E-state index contributed by atoms with van der Waals surface area (Å²) in [5.41, 5.74) is 0. The highest BCUT2D eigenvalue weighted by molar-refractivity contribution is 4.61. The Hall–Kier alpha value is -0.800. The van der Waals surface area contributed by atoms with E-state index in [0.717, 1.165) is 12.8 Å². The number of hydrogen-bond donors (Lipinski definition) is 0. The standard InChI is InChI=1S/C4H7N4/c1-2-3-4-5-7-8-6-4/h4H,1-3H2. The molecule has 0 amide bonds. The minimum absolute atomic E-state index is 0.0347. The zero-order valence-electron chi connectivity index (χ0n) is 4.49. The molecular formula is C4H7N4. The maximum atomic E-state index is 3.68. The van der Waals surface area contributed by atoms with E-state index in [-0.39, 0.29) is 6.17 Å². The molecule has 43 valence electrons. The Labute approximate surface area is 47.7 Å². The second-order valence-corrected chi connectivity index (χ2v) is 1.53. The van der Waals surface area contributed by atoms with Crippen LogP contribution in [0.1, 0.15) is 12.8 Å². The Balaban J connectivity index is 2.27. The molecule has 0 saturated heterocycles. The third-order valence-electron chi connectivity index (χ3n) is 0.872. The lowest BCUT2D eigenvalue weighted by atomic mass is 10.3. The summed E-state index contributed by atoms with van der Waals surface area (Å²) >= 11 is 0. The monoisotopic (exact) mass is 111 g/mol. The fourth-order valence-electron chi connectivity index (χ4n) is 0.487. The summed E-state index contributed by atoms with van der Waals surface area (Å²) in [5.74, 6) is 0. The van der Waals surface area contributed by atoms with E-state index >= 15 is 0 Å². The Morgan fingerprint density at radius 2 is 1.88 bits per heavy atom. The molecule has 0 aromatic rings. The molecule has 1 aliphatic heterocycles. The van der Waals surface area contributed by atoms with E-state index in [1.54, 1.807) is 0 Å². The van der Waals surface area contributed by atoms with Crippen LogP contribution in [0.15, 0.2) is 20.7 Å². The Bertz CT molecular complexity index is 105. The molecule has 0 N–H and O–H groups in total. The van der Waals surface area contributed by atoms with Crippen molar-refractivity contribution in [2.75, 3.05) is 0 Å². The molecule has 1 radical (unpaired) electrons. The van der Waals surface area contributed by atoms with Crippen LogP contribution in [0.2, 0.25) is 0 Å². The summed E-state index contributed by atoms with van der Waals surface area (Å²) in [6.45, 7) is 3.65. The summed E-state index contributed by atoms with van der Waals surface area (Å²) in [7, 11) is 0. The minimum atomic E-state index is -0.0347. The lowest BCUT2D eigenvalue weighted by Crippen LogP contribution is -1.93. The molecular weight excluding hydrogens is 104 g/mol. The average molecular weight is 111 g/mol. The second kappa shape index (κ2) is 2.49. The summed E-state index contributed by atoms with van der Waals surface area (Å²) in [4.78, 5) is 0. The Kier molecular flexibility index (Phi) is 1.66. The molecule has 0 aromatic heterocycles. The smallest absolute Gasteiger partial charge is 0.138 e. The summed E-state index contributed by atoms with van der Waals surface area (Å²) < 4.78 is 0. The highest BCUT2D eigenvalue weighted by Gasteiger charge is 2.05. The zero-order valence-corrected chi connectivity index (χ0v) is 4.49. The average Bonchev–Trinajstić information content (AvgIpc) is 2.19. The van der Waals surface area contributed by atoms with Gasteiger partial charge in [-0.3, -0.25) is 0 Å². The van der Waals surface area contributed by atoms with Gasteiger partial charge in [0.15, 0.2) is 6.17 Å². The zero-order chi connectivity index (χ0) is 5.82. The largest absolute Gasteiger partial charge is 0.185 e. The van der Waals surface area contributed by atoms with Crippen LogP contribution in [-0.4, -0.2) is 6.17 Å². The summed E-state index contributed by atoms with van der Waals surface area (Å²) in [6.07, 6.45) is 1.66. The quantitative estimate of drug-likeness (QED) is 0.521. The molecule has 0 bridgehead atoms. The highest BCUT2D eigenvalue weighted by Crippen LogP contribution is 2.09. The van der Waals surface area contributed by atoms with Crippen LogP contribution in [0.5, 0.6) is 0 Å². The van der Waals surface area contributed by atoms with Gasteiger partial charge in [-0.05, 0) is 23.3 Å². The van der Waals surface area contributed by atoms with E-state index in [4.69, 9.17) is 0 Å². The van der Waals surface area contributed by atoms with Crippen molar-refractivity contribution < 1.29 is 0 Å². The molecule has 0 aliphatic carbocycles. The van der Waals surface area contributed by atoms with E-state index in [1.165, 1.54) is 0 Å². The molecule has 4 heteroatoms. The van der Waals surface area contributed by atoms with Gasteiger partial charge in [0.1, 0.15) is 0 Å². The maximum Gasteiger partial charge on any atom is 0.185 e. The number of rotatable bonds is 2. The first-order chi connectivity index (χ1) is 3.93. The normalized spacial score (nSPS) is 18.1. The van der Waals surface area contributed by atoms with Crippen molar-refractivity contribution in [1.82, 2.24) is 0 Å². The lowest BCUT2D eigenvalue weighted by Gasteiger charge is -1.92. The van der Waals surface area contributed by atoms with Gasteiger partial charge in [-0.2, -0.15) is 0 Å². The van der Waals surface area contributed by atoms with Gasteiger partial charge < -0.3 is 0 Å². The van der Waals surface area contributed by atoms with Gasteiger partial charge in [0.25, 0.3) is 0 Å². The SMILES string of the molecule is [CH2]CCC1N=NN=N1. The highest BCUT2D eigenvalue weighted by atomic mass is 15.6. The molecule has 0 saturated carbocycles. The molecule has 0 atom stereocenters. The first kappa shape index (κ1) is 5.34. The molecule has 1 heterocycles. The van der Waals surface area contributed by atoms with E-state index in [2.05, 4.69) is 27.6 Å². The first-order valence-corrected chi connectivity index (χ1v) is 2.52. The van der Waals surface area contributed by atoms with Gasteiger partial charge in [0.05, 0.1) is 0 Å². The molecule has 4 nitrogen and oxygen atoms in total. The number of nitrogens with zero attached hydrogens (tertiary/aromatic N) is 4. The van der Waals surface area contributed by atoms with Crippen LogP contribution in [0.4, 0.5) is 0 Å². The van der Waals surface area contributed by atoms with Crippen molar-refractivity contribution in [2.45, 2.75) is 19.0 Å². The molecule has 1 aliphatic rings. The maximum absolute atomic E-state index is 3.68. The van der Waals surface area contributed by atoms with Gasteiger partial charge in [0, 0.05) is 0 Å². The van der Waals surface area contributed by atoms with Crippen LogP contribution >= 0.6 is 0 Å². The van der Waals surface area contributed by atoms with E-state index < -0.39 is 0 Å². The van der Waals surface area contributed by atoms with Crippen molar-refractivity contribution in [1.29, 1.82) is 0 Å². The summed E-state index contributed by atoms with van der Waals surface area (Å²) in [5, 5.41) is 14.0. The van der Waals surface area contributed by atoms with Crippen LogP contribution < -0.4 is 0 Å². The van der Waals surface area contributed by atoms with Crippen LogP contribution in [0.3, 0.4) is 0 Å². The van der Waals surface area contributed by atoms with Gasteiger partial charge >= 0.3 is 0 Å². The number of hydrogen-bond acceptors (Lipinski definition) is 4. The molecule has 1 rings (SSSR count). The van der Waals surface area contributed by atoms with Gasteiger partial charge in [-0.1, -0.05) is 6.92 Å². The molecule has 0 spiro atoms. The topological polar surface area (TPSA) is 49.4 Å². The van der Waals surface area contributed by atoms with E-state index in [9.17, 15) is 0 Å². The van der Waals surface area contributed by atoms with Gasteiger partial charge in [-0.15, -0.1) is 10.2 Å². The van der Waals surface area contributed by atoms with Crippen LogP contribution in [0, 0.1) is 6.92 Å². The van der Waals surface area contributed by atoms with Crippen LogP contribution in [-0.2, 0) is 0 Å². The molecule has 0 fully saturated rings.